The van der Waals surface area contributed by atoms with Crippen molar-refractivity contribution >= 4 is 11.6 Å². The lowest BCUT2D eigenvalue weighted by Crippen LogP contribution is -2.49. The molecule has 0 saturated carbocycles. The Hall–Kier alpha value is -2.28. The van der Waals surface area contributed by atoms with E-state index in [9.17, 15) is 4.79 Å². The predicted octanol–water partition coefficient (Wildman–Crippen LogP) is 1.30. The van der Waals surface area contributed by atoms with Crippen LogP contribution in [0, 0.1) is 6.92 Å². The van der Waals surface area contributed by atoms with Crippen molar-refractivity contribution in [2.75, 3.05) is 11.9 Å². The third kappa shape index (κ3) is 3.43. The number of carbonyl (C=O) groups is 1. The van der Waals surface area contributed by atoms with Crippen LogP contribution in [-0.2, 0) is 4.79 Å². The topological polar surface area (TPSA) is 84.7 Å². The third-order valence-electron chi connectivity index (χ3n) is 3.24. The Balaban J connectivity index is 2.16. The van der Waals surface area contributed by atoms with E-state index in [1.54, 1.807) is 4.68 Å². The van der Waals surface area contributed by atoms with Gasteiger partial charge in [0.1, 0.15) is 6.33 Å². The van der Waals surface area contributed by atoms with Gasteiger partial charge in [-0.25, -0.2) is 4.68 Å². The normalized spacial score (nSPS) is 11.4. The van der Waals surface area contributed by atoms with E-state index in [0.29, 0.717) is 0 Å². The maximum atomic E-state index is 12.2. The maximum absolute atomic E-state index is 12.2. The summed E-state index contributed by atoms with van der Waals surface area (Å²) in [5.74, 6) is -0.0704. The van der Waals surface area contributed by atoms with Crippen LogP contribution in [0.4, 0.5) is 5.69 Å². The zero-order chi connectivity index (χ0) is 15.5. The van der Waals surface area contributed by atoms with Crippen LogP contribution >= 0.6 is 0 Å². The molecule has 112 valence electrons. The Kier molecular flexibility index (Phi) is 4.32. The Morgan fingerprint density at radius 3 is 2.71 bits per heavy atom. The molecule has 0 saturated heterocycles. The minimum atomic E-state index is -0.614. The molecule has 0 unspecified atom stereocenters. The molecule has 7 heteroatoms. The number of anilines is 1. The van der Waals surface area contributed by atoms with E-state index in [0.717, 1.165) is 23.5 Å². The van der Waals surface area contributed by atoms with Gasteiger partial charge in [0.15, 0.2) is 0 Å². The van der Waals surface area contributed by atoms with E-state index >= 15 is 0 Å². The molecule has 0 fully saturated rings. The highest BCUT2D eigenvalue weighted by molar-refractivity contribution is 5.97. The van der Waals surface area contributed by atoms with E-state index in [4.69, 9.17) is 0 Å². The van der Waals surface area contributed by atoms with Gasteiger partial charge in [0.25, 0.3) is 0 Å². The van der Waals surface area contributed by atoms with Crippen LogP contribution in [0.25, 0.3) is 5.69 Å². The van der Waals surface area contributed by atoms with Crippen molar-refractivity contribution in [1.29, 1.82) is 0 Å². The van der Waals surface area contributed by atoms with Gasteiger partial charge >= 0.3 is 0 Å². The van der Waals surface area contributed by atoms with Crippen LogP contribution in [0.1, 0.15) is 26.3 Å². The summed E-state index contributed by atoms with van der Waals surface area (Å²) in [6, 6.07) is 5.61. The Morgan fingerprint density at radius 2 is 2.14 bits per heavy atom. The van der Waals surface area contributed by atoms with Gasteiger partial charge in [0.05, 0.1) is 11.2 Å². The van der Waals surface area contributed by atoms with Crippen molar-refractivity contribution in [2.24, 2.45) is 0 Å². The molecule has 0 radical (unpaired) electrons. The fraction of sp³-hybridized carbons (Fsp3) is 0.429. The number of hydrogen-bond acceptors (Lipinski definition) is 5. The van der Waals surface area contributed by atoms with Gasteiger partial charge in [-0.3, -0.25) is 4.79 Å². The van der Waals surface area contributed by atoms with Crippen molar-refractivity contribution in [3.63, 3.8) is 0 Å². The van der Waals surface area contributed by atoms with Gasteiger partial charge in [0.2, 0.25) is 5.91 Å². The number of nitrogens with zero attached hydrogens (tertiary/aromatic N) is 4. The van der Waals surface area contributed by atoms with Gasteiger partial charge in [-0.1, -0.05) is 6.92 Å². The van der Waals surface area contributed by atoms with Crippen LogP contribution < -0.4 is 10.6 Å². The first kappa shape index (κ1) is 15.1. The van der Waals surface area contributed by atoms with Crippen LogP contribution in [0.2, 0.25) is 0 Å². The highest BCUT2D eigenvalue weighted by Crippen LogP contribution is 2.19. The first-order valence-electron chi connectivity index (χ1n) is 6.84. The first-order valence-corrected chi connectivity index (χ1v) is 6.84. The summed E-state index contributed by atoms with van der Waals surface area (Å²) in [6.07, 6.45) is 1.54. The molecule has 0 aliphatic carbocycles. The van der Waals surface area contributed by atoms with Gasteiger partial charge in [-0.2, -0.15) is 0 Å². The van der Waals surface area contributed by atoms with Crippen molar-refractivity contribution in [1.82, 2.24) is 25.5 Å². The van der Waals surface area contributed by atoms with E-state index in [2.05, 4.69) is 26.2 Å². The quantitative estimate of drug-likeness (QED) is 0.866. The van der Waals surface area contributed by atoms with E-state index in [1.807, 2.05) is 45.9 Å². The molecule has 2 rings (SSSR count). The summed E-state index contributed by atoms with van der Waals surface area (Å²) in [7, 11) is 0. The molecule has 1 heterocycles. The van der Waals surface area contributed by atoms with Crippen LogP contribution in [0.5, 0.6) is 0 Å². The lowest BCUT2D eigenvalue weighted by atomic mass is 10.0. The smallest absolute Gasteiger partial charge is 0.244 e. The molecule has 0 aliphatic heterocycles. The summed E-state index contributed by atoms with van der Waals surface area (Å²) in [5, 5.41) is 17.2. The van der Waals surface area contributed by atoms with Crippen LogP contribution in [-0.4, -0.2) is 38.2 Å². The van der Waals surface area contributed by atoms with Gasteiger partial charge < -0.3 is 10.6 Å². The van der Waals surface area contributed by atoms with E-state index in [-0.39, 0.29) is 5.91 Å². The standard InChI is InChI=1S/C14H20N6O/c1-5-15-14(3,4)13(21)17-11-6-7-12(10(2)8-11)20-9-16-18-19-20/h6-9,15H,5H2,1-4H3,(H,17,21). The highest BCUT2D eigenvalue weighted by atomic mass is 16.2. The molecule has 0 aliphatic rings. The Bertz CT molecular complexity index is 620. The molecule has 7 nitrogen and oxygen atoms in total. The van der Waals surface area contributed by atoms with E-state index in [1.165, 1.54) is 6.33 Å². The van der Waals surface area contributed by atoms with Crippen molar-refractivity contribution in [3.05, 3.63) is 30.1 Å². The van der Waals surface area contributed by atoms with Crippen LogP contribution in [0.15, 0.2) is 24.5 Å². The minimum Gasteiger partial charge on any atom is -0.324 e. The average Bonchev–Trinajstić information content (AvgIpc) is 2.92. The van der Waals surface area contributed by atoms with E-state index < -0.39 is 5.54 Å². The van der Waals surface area contributed by atoms with Crippen molar-refractivity contribution in [3.8, 4) is 5.69 Å². The summed E-state index contributed by atoms with van der Waals surface area (Å²) >= 11 is 0. The number of benzene rings is 1. The molecule has 2 N–H and O–H groups in total. The molecule has 1 amide bonds. The van der Waals surface area contributed by atoms with Gasteiger partial charge in [0, 0.05) is 5.69 Å². The molecular formula is C14H20N6O. The largest absolute Gasteiger partial charge is 0.324 e. The minimum absolute atomic E-state index is 0.0704. The second kappa shape index (κ2) is 6.01. The second-order valence-electron chi connectivity index (χ2n) is 5.37. The van der Waals surface area contributed by atoms with Gasteiger partial charge in [-0.15, -0.1) is 5.10 Å². The third-order valence-corrected chi connectivity index (χ3v) is 3.24. The molecule has 1 aromatic heterocycles. The molecule has 0 spiro atoms. The molecule has 2 aromatic rings. The number of nitrogens with one attached hydrogen (secondary N) is 2. The summed E-state index contributed by atoms with van der Waals surface area (Å²) in [5.41, 5.74) is 1.99. The second-order valence-corrected chi connectivity index (χ2v) is 5.37. The Labute approximate surface area is 123 Å². The predicted molar refractivity (Wildman–Crippen MR) is 80.3 cm³/mol. The number of aryl methyl sites for hydroxylation is 1. The number of rotatable bonds is 5. The summed E-state index contributed by atoms with van der Waals surface area (Å²) in [4.78, 5) is 12.2. The van der Waals surface area contributed by atoms with Gasteiger partial charge in [-0.05, 0) is 61.5 Å². The number of likely N-dealkylation sites (N-methyl/N-ethyl adjacent to an activating group) is 1. The number of amides is 1. The molecule has 0 atom stereocenters. The fourth-order valence-electron chi connectivity index (χ4n) is 2.07. The van der Waals surface area contributed by atoms with Crippen molar-refractivity contribution < 1.29 is 4.79 Å². The number of tetrazole rings is 1. The Morgan fingerprint density at radius 1 is 1.38 bits per heavy atom. The lowest BCUT2D eigenvalue weighted by molar-refractivity contribution is -0.121. The highest BCUT2D eigenvalue weighted by Gasteiger charge is 2.26. The number of hydrogen-bond donors (Lipinski definition) is 2. The SMILES string of the molecule is CCNC(C)(C)C(=O)Nc1ccc(-n2cnnn2)c(C)c1. The molecular weight excluding hydrogens is 268 g/mol. The summed E-state index contributed by atoms with van der Waals surface area (Å²) in [6.45, 7) is 8.36. The lowest BCUT2D eigenvalue weighted by Gasteiger charge is -2.24. The monoisotopic (exact) mass is 288 g/mol. The molecule has 21 heavy (non-hydrogen) atoms. The molecule has 1 aromatic carbocycles. The average molecular weight is 288 g/mol. The molecule has 0 bridgehead atoms. The zero-order valence-electron chi connectivity index (χ0n) is 12.7. The summed E-state index contributed by atoms with van der Waals surface area (Å²) < 4.78 is 1.59. The van der Waals surface area contributed by atoms with Crippen LogP contribution in [0.3, 0.4) is 0 Å². The zero-order valence-corrected chi connectivity index (χ0v) is 12.7. The first-order chi connectivity index (χ1) is 9.94. The fourth-order valence-corrected chi connectivity index (χ4v) is 2.07. The van der Waals surface area contributed by atoms with Crippen molar-refractivity contribution in [2.45, 2.75) is 33.2 Å². The number of aromatic nitrogens is 4. The number of carbonyl (C=O) groups excluding carboxylic acids is 1. The maximum Gasteiger partial charge on any atom is 0.244 e.